The highest BCUT2D eigenvalue weighted by atomic mass is 28.2. The fraction of sp³-hybridized carbons (Fsp3) is 1.00. The first-order valence-corrected chi connectivity index (χ1v) is 6.40. The van der Waals surface area contributed by atoms with Gasteiger partial charge in [0.15, 0.2) is 0 Å². The minimum atomic E-state index is 0.899. The minimum Gasteiger partial charge on any atom is -0.327 e. The van der Waals surface area contributed by atoms with Crippen LogP contribution in [0.4, 0.5) is 0 Å². The zero-order chi connectivity index (χ0) is 8.55. The van der Waals surface area contributed by atoms with Crippen LogP contribution >= 0.6 is 0 Å². The van der Waals surface area contributed by atoms with Crippen molar-refractivity contribution in [2.24, 2.45) is 5.92 Å². The van der Waals surface area contributed by atoms with E-state index in [0.29, 0.717) is 0 Å². The topological polar surface area (TPSA) is 3.24 Å². The van der Waals surface area contributed by atoms with Crippen molar-refractivity contribution in [3.63, 3.8) is 0 Å². The summed E-state index contributed by atoms with van der Waals surface area (Å²) in [6.45, 7) is 2.41. The molecule has 1 saturated heterocycles. The largest absolute Gasteiger partial charge is 0.327 e. The van der Waals surface area contributed by atoms with Crippen molar-refractivity contribution in [2.45, 2.75) is 57.5 Å². The molecule has 0 radical (unpaired) electrons. The molecule has 2 fully saturated rings. The predicted molar refractivity (Wildman–Crippen MR) is 56.2 cm³/mol. The molecular formula is C10H21NSi. The summed E-state index contributed by atoms with van der Waals surface area (Å²) in [5.74, 6) is 1.08. The molecule has 0 aromatic heterocycles. The summed E-state index contributed by atoms with van der Waals surface area (Å²) >= 11 is 0. The van der Waals surface area contributed by atoms with Crippen LogP contribution in [0, 0.1) is 5.92 Å². The molecule has 2 heteroatoms. The van der Waals surface area contributed by atoms with Crippen molar-refractivity contribution < 1.29 is 0 Å². The van der Waals surface area contributed by atoms with E-state index >= 15 is 0 Å². The molecule has 70 valence electrons. The quantitative estimate of drug-likeness (QED) is 0.512. The minimum absolute atomic E-state index is 0.899. The zero-order valence-corrected chi connectivity index (χ0v) is 10.4. The monoisotopic (exact) mass is 183 g/mol. The van der Waals surface area contributed by atoms with Crippen LogP contribution < -0.4 is 0 Å². The molecule has 3 atom stereocenters. The maximum atomic E-state index is 2.77. The first kappa shape index (κ1) is 8.76. The summed E-state index contributed by atoms with van der Waals surface area (Å²) in [6.07, 6.45) is 9.00. The smallest absolute Gasteiger partial charge is 0.0791 e. The molecule has 3 unspecified atom stereocenters. The van der Waals surface area contributed by atoms with Crippen molar-refractivity contribution >= 4 is 10.4 Å². The van der Waals surface area contributed by atoms with Crippen LogP contribution in [0.2, 0.25) is 0 Å². The third-order valence-electron chi connectivity index (χ3n) is 4.04. The van der Waals surface area contributed by atoms with Crippen LogP contribution in [-0.2, 0) is 0 Å². The van der Waals surface area contributed by atoms with Gasteiger partial charge in [-0.3, -0.25) is 0 Å². The van der Waals surface area contributed by atoms with Crippen LogP contribution in [0.1, 0.15) is 45.4 Å². The second-order valence-corrected chi connectivity index (χ2v) is 5.74. The Balaban J connectivity index is 2.03. The molecular weight excluding hydrogens is 162 g/mol. The van der Waals surface area contributed by atoms with Gasteiger partial charge in [0.2, 0.25) is 0 Å². The van der Waals surface area contributed by atoms with Gasteiger partial charge >= 0.3 is 0 Å². The number of nitrogens with zero attached hydrogens (tertiary/aromatic N) is 1. The highest BCUT2D eigenvalue weighted by molar-refractivity contribution is 6.04. The lowest BCUT2D eigenvalue weighted by Gasteiger charge is -2.46. The predicted octanol–water partition coefficient (Wildman–Crippen LogP) is 1.31. The maximum Gasteiger partial charge on any atom is 0.0791 e. The Bertz CT molecular complexity index is 158. The Morgan fingerprint density at radius 1 is 1.08 bits per heavy atom. The Kier molecular flexibility index (Phi) is 2.56. The van der Waals surface area contributed by atoms with Gasteiger partial charge in [-0.25, -0.2) is 0 Å². The van der Waals surface area contributed by atoms with Gasteiger partial charge in [-0.15, -0.1) is 0 Å². The van der Waals surface area contributed by atoms with Crippen molar-refractivity contribution in [3.8, 4) is 0 Å². The van der Waals surface area contributed by atoms with Gasteiger partial charge in [-0.2, -0.15) is 0 Å². The average Bonchev–Trinajstić information content (AvgIpc) is 2.12. The highest BCUT2D eigenvalue weighted by Gasteiger charge is 2.33. The van der Waals surface area contributed by atoms with E-state index in [1.807, 2.05) is 0 Å². The average molecular weight is 183 g/mol. The molecule has 0 aromatic rings. The number of fused-ring (bicyclic) bond motifs is 1. The highest BCUT2D eigenvalue weighted by Crippen LogP contribution is 2.36. The van der Waals surface area contributed by atoms with Gasteiger partial charge in [0.25, 0.3) is 0 Å². The Labute approximate surface area is 79.0 Å². The first-order chi connectivity index (χ1) is 5.79. The normalized spacial score (nSPS) is 44.2. The molecule has 1 nitrogen and oxygen atoms in total. The zero-order valence-electron chi connectivity index (χ0n) is 8.42. The maximum absolute atomic E-state index is 2.77. The van der Waals surface area contributed by atoms with Crippen LogP contribution in [0.5, 0.6) is 0 Å². The lowest BCUT2D eigenvalue weighted by atomic mass is 9.78. The molecule has 12 heavy (non-hydrogen) atoms. The van der Waals surface area contributed by atoms with E-state index in [-0.39, 0.29) is 0 Å². The number of piperidine rings is 1. The Hall–Kier alpha value is 0.177. The van der Waals surface area contributed by atoms with Gasteiger partial charge in [0.05, 0.1) is 10.4 Å². The lowest BCUT2D eigenvalue weighted by molar-refractivity contribution is 0.0941. The first-order valence-electron chi connectivity index (χ1n) is 5.51. The van der Waals surface area contributed by atoms with Crippen molar-refractivity contribution in [1.82, 2.24) is 4.57 Å². The van der Waals surface area contributed by atoms with E-state index in [0.717, 1.165) is 18.0 Å². The molecule has 1 heterocycles. The van der Waals surface area contributed by atoms with E-state index in [9.17, 15) is 0 Å². The van der Waals surface area contributed by atoms with Crippen LogP contribution in [0.3, 0.4) is 0 Å². The van der Waals surface area contributed by atoms with E-state index in [4.69, 9.17) is 0 Å². The van der Waals surface area contributed by atoms with Gasteiger partial charge < -0.3 is 4.57 Å². The molecule has 0 bridgehead atoms. The van der Waals surface area contributed by atoms with Crippen LogP contribution in [-0.4, -0.2) is 27.1 Å². The lowest BCUT2D eigenvalue weighted by Crippen LogP contribution is -2.49. The summed E-state index contributed by atoms with van der Waals surface area (Å²) < 4.78 is 2.77. The summed E-state index contributed by atoms with van der Waals surface area (Å²) in [4.78, 5) is 0. The van der Waals surface area contributed by atoms with E-state index in [1.54, 1.807) is 0 Å². The second kappa shape index (κ2) is 3.50. The third kappa shape index (κ3) is 1.47. The second-order valence-electron chi connectivity index (χ2n) is 4.70. The van der Waals surface area contributed by atoms with Gasteiger partial charge in [0, 0.05) is 6.04 Å². The summed E-state index contributed by atoms with van der Waals surface area (Å²) in [5.41, 5.74) is 0. The fourth-order valence-electron chi connectivity index (χ4n) is 3.05. The SMILES string of the molecule is CC1CCC2CCCCC2N1[SiH3]. The molecule has 2 rings (SSSR count). The van der Waals surface area contributed by atoms with Crippen LogP contribution in [0.15, 0.2) is 0 Å². The molecule has 1 saturated carbocycles. The standard InChI is InChI=1S/C10H21NSi/c1-8-6-7-9-4-2-3-5-10(9)11(8)12/h8-10H,2-7H2,1,12H3. The van der Waals surface area contributed by atoms with E-state index in [1.165, 1.54) is 48.9 Å². The molecule has 2 aliphatic rings. The molecule has 0 spiro atoms. The number of rotatable bonds is 0. The van der Waals surface area contributed by atoms with E-state index in [2.05, 4.69) is 11.5 Å². The molecule has 1 aliphatic heterocycles. The Morgan fingerprint density at radius 2 is 1.83 bits per heavy atom. The number of hydrogen-bond acceptors (Lipinski definition) is 1. The fourth-order valence-corrected chi connectivity index (χ4v) is 3.98. The van der Waals surface area contributed by atoms with E-state index < -0.39 is 0 Å². The van der Waals surface area contributed by atoms with Gasteiger partial charge in [-0.05, 0) is 37.6 Å². The van der Waals surface area contributed by atoms with Crippen molar-refractivity contribution in [3.05, 3.63) is 0 Å². The molecule has 0 aromatic carbocycles. The van der Waals surface area contributed by atoms with Crippen molar-refractivity contribution in [1.29, 1.82) is 0 Å². The summed E-state index contributed by atoms with van der Waals surface area (Å²) in [6, 6.07) is 1.89. The molecule has 0 amide bonds. The van der Waals surface area contributed by atoms with Gasteiger partial charge in [0.1, 0.15) is 0 Å². The molecule has 0 N–H and O–H groups in total. The third-order valence-corrected chi connectivity index (χ3v) is 5.59. The van der Waals surface area contributed by atoms with Crippen LogP contribution in [0.25, 0.3) is 0 Å². The van der Waals surface area contributed by atoms with Gasteiger partial charge in [-0.1, -0.05) is 19.8 Å². The summed E-state index contributed by atoms with van der Waals surface area (Å²) in [5, 5.41) is 0. The molecule has 1 aliphatic carbocycles. The summed E-state index contributed by atoms with van der Waals surface area (Å²) in [7, 11) is 1.29. The number of hydrogen-bond donors (Lipinski definition) is 0. The van der Waals surface area contributed by atoms with Crippen molar-refractivity contribution in [2.75, 3.05) is 0 Å². The Morgan fingerprint density at radius 3 is 2.67 bits per heavy atom.